The van der Waals surface area contributed by atoms with Gasteiger partial charge in [-0.2, -0.15) is 5.01 Å². The largest absolute Gasteiger partial charge is 0.275 e. The number of nitro groups is 2. The smallest absolute Gasteiger partial charge is 0.272 e. The quantitative estimate of drug-likeness (QED) is 0.263. The van der Waals surface area contributed by atoms with E-state index in [0.717, 1.165) is 22.2 Å². The maximum absolute atomic E-state index is 13.5. The summed E-state index contributed by atoms with van der Waals surface area (Å²) in [5.41, 5.74) is -0.885. The Kier molecular flexibility index (Phi) is 6.12. The first-order valence-corrected chi connectivity index (χ1v) is 10.6. The SMILES string of the molecule is O=C(c1cccc([N+](=O)[O-])c1)N(Cc1ccc(Cl)cc1[N+](=O)[O-])N1C(=O)[C@H]2CC=CC[C@H]2C1=O. The van der Waals surface area contributed by atoms with E-state index in [1.54, 1.807) is 12.2 Å². The first-order chi connectivity index (χ1) is 16.2. The minimum Gasteiger partial charge on any atom is -0.272 e. The Morgan fingerprint density at radius 2 is 1.65 bits per heavy atom. The van der Waals surface area contributed by atoms with E-state index in [-0.39, 0.29) is 21.8 Å². The van der Waals surface area contributed by atoms with E-state index in [1.165, 1.54) is 30.3 Å². The summed E-state index contributed by atoms with van der Waals surface area (Å²) in [6.45, 7) is -0.501. The van der Waals surface area contributed by atoms with Crippen molar-refractivity contribution in [2.24, 2.45) is 11.8 Å². The van der Waals surface area contributed by atoms with Crippen LogP contribution in [0.25, 0.3) is 0 Å². The Morgan fingerprint density at radius 1 is 1.00 bits per heavy atom. The standard InChI is InChI=1S/C22H17ClN4O7/c23-15-9-8-14(19(11-15)27(33)34)12-24(20(28)13-4-3-5-16(10-13)26(31)32)25-21(29)17-6-1-2-7-18(17)22(25)30/h1-5,8-11,17-18H,6-7,12H2/t17-,18+. The number of hydrogen-bond acceptors (Lipinski definition) is 7. The molecule has 2 aromatic rings. The molecule has 34 heavy (non-hydrogen) atoms. The third kappa shape index (κ3) is 4.13. The molecule has 0 spiro atoms. The Hall–Kier alpha value is -4.12. The highest BCUT2D eigenvalue weighted by Gasteiger charge is 2.51. The van der Waals surface area contributed by atoms with E-state index in [2.05, 4.69) is 0 Å². The average Bonchev–Trinajstić information content (AvgIpc) is 3.08. The van der Waals surface area contributed by atoms with Crippen LogP contribution in [0.4, 0.5) is 11.4 Å². The number of fused-ring (bicyclic) bond motifs is 1. The van der Waals surface area contributed by atoms with Crippen molar-refractivity contribution in [2.75, 3.05) is 0 Å². The van der Waals surface area contributed by atoms with Crippen molar-refractivity contribution in [1.29, 1.82) is 0 Å². The van der Waals surface area contributed by atoms with Crippen LogP contribution in [0.2, 0.25) is 5.02 Å². The van der Waals surface area contributed by atoms with Crippen LogP contribution in [0.3, 0.4) is 0 Å². The fourth-order valence-electron chi connectivity index (χ4n) is 4.16. The highest BCUT2D eigenvalue weighted by molar-refractivity contribution is 6.30. The molecule has 0 N–H and O–H groups in total. The molecule has 174 valence electrons. The van der Waals surface area contributed by atoms with Gasteiger partial charge in [0.05, 0.1) is 33.8 Å². The van der Waals surface area contributed by atoms with Gasteiger partial charge in [-0.05, 0) is 31.0 Å². The number of imide groups is 1. The van der Waals surface area contributed by atoms with Gasteiger partial charge in [0.1, 0.15) is 0 Å². The van der Waals surface area contributed by atoms with Crippen LogP contribution in [0, 0.1) is 32.1 Å². The van der Waals surface area contributed by atoms with Gasteiger partial charge in [-0.15, -0.1) is 0 Å². The molecule has 1 heterocycles. The number of rotatable bonds is 6. The van der Waals surface area contributed by atoms with Gasteiger partial charge in [0.25, 0.3) is 29.1 Å². The number of hydrazine groups is 1. The summed E-state index contributed by atoms with van der Waals surface area (Å²) < 4.78 is 0. The third-order valence-corrected chi connectivity index (χ3v) is 6.06. The van der Waals surface area contributed by atoms with E-state index < -0.39 is 51.6 Å². The van der Waals surface area contributed by atoms with Crippen LogP contribution in [0.15, 0.2) is 54.6 Å². The second-order valence-electron chi connectivity index (χ2n) is 7.84. The van der Waals surface area contributed by atoms with E-state index in [1.807, 2.05) is 0 Å². The van der Waals surface area contributed by atoms with Crippen molar-refractivity contribution in [2.45, 2.75) is 19.4 Å². The first kappa shape index (κ1) is 23.1. The number of hydrogen-bond donors (Lipinski definition) is 0. The molecule has 2 aromatic carbocycles. The van der Waals surface area contributed by atoms with Crippen molar-refractivity contribution >= 4 is 40.7 Å². The number of non-ortho nitro benzene ring substituents is 1. The zero-order valence-electron chi connectivity index (χ0n) is 17.5. The summed E-state index contributed by atoms with van der Waals surface area (Å²) in [7, 11) is 0. The number of nitro benzene ring substituents is 2. The fraction of sp³-hybridized carbons (Fsp3) is 0.227. The number of nitrogens with zero attached hydrogens (tertiary/aromatic N) is 4. The molecule has 0 aromatic heterocycles. The van der Waals surface area contributed by atoms with E-state index in [4.69, 9.17) is 11.6 Å². The zero-order chi connectivity index (χ0) is 24.6. The van der Waals surface area contributed by atoms with Gasteiger partial charge in [-0.3, -0.25) is 34.6 Å². The molecule has 0 saturated carbocycles. The molecule has 2 atom stereocenters. The van der Waals surface area contributed by atoms with Gasteiger partial charge in [-0.1, -0.05) is 29.8 Å². The number of allylic oxidation sites excluding steroid dienone is 2. The van der Waals surface area contributed by atoms with Crippen LogP contribution < -0.4 is 0 Å². The number of carbonyl (C=O) groups is 3. The summed E-state index contributed by atoms with van der Waals surface area (Å²) in [6.07, 6.45) is 4.22. The maximum atomic E-state index is 13.5. The predicted octanol–water partition coefficient (Wildman–Crippen LogP) is 3.67. The lowest BCUT2D eigenvalue weighted by Crippen LogP contribution is -2.49. The number of amides is 3. The molecule has 3 amide bonds. The Morgan fingerprint density at radius 3 is 2.24 bits per heavy atom. The van der Waals surface area contributed by atoms with E-state index in [0.29, 0.717) is 12.8 Å². The number of carbonyl (C=O) groups excluding carboxylic acids is 3. The van der Waals surface area contributed by atoms with Gasteiger partial charge < -0.3 is 0 Å². The normalized spacial score (nSPS) is 19.1. The lowest BCUT2D eigenvalue weighted by Gasteiger charge is -2.30. The first-order valence-electron chi connectivity index (χ1n) is 10.2. The van der Waals surface area contributed by atoms with Crippen molar-refractivity contribution in [3.05, 3.63) is 91.0 Å². The number of halogens is 1. The van der Waals surface area contributed by atoms with E-state index in [9.17, 15) is 34.6 Å². The lowest BCUT2D eigenvalue weighted by molar-refractivity contribution is -0.385. The topological polar surface area (TPSA) is 144 Å². The molecule has 2 aliphatic rings. The Bertz CT molecular complexity index is 1240. The monoisotopic (exact) mass is 484 g/mol. The van der Waals surface area contributed by atoms with Gasteiger partial charge in [0.2, 0.25) is 0 Å². The van der Waals surface area contributed by atoms with Crippen molar-refractivity contribution in [3.8, 4) is 0 Å². The molecule has 11 nitrogen and oxygen atoms in total. The second-order valence-corrected chi connectivity index (χ2v) is 8.28. The van der Waals surface area contributed by atoms with Gasteiger partial charge in [-0.25, -0.2) is 5.01 Å². The molecular formula is C22H17ClN4O7. The van der Waals surface area contributed by atoms with Gasteiger partial charge >= 0.3 is 0 Å². The number of benzene rings is 2. The van der Waals surface area contributed by atoms with Crippen molar-refractivity contribution < 1.29 is 24.2 Å². The molecule has 1 aliphatic heterocycles. The maximum Gasteiger partial charge on any atom is 0.275 e. The molecular weight excluding hydrogens is 468 g/mol. The third-order valence-electron chi connectivity index (χ3n) is 5.83. The summed E-state index contributed by atoms with van der Waals surface area (Å²) in [5, 5.41) is 24.4. The highest BCUT2D eigenvalue weighted by Crippen LogP contribution is 2.37. The van der Waals surface area contributed by atoms with E-state index >= 15 is 0 Å². The summed E-state index contributed by atoms with van der Waals surface area (Å²) >= 11 is 5.88. The van der Waals surface area contributed by atoms with Crippen LogP contribution in [0.1, 0.15) is 28.8 Å². The van der Waals surface area contributed by atoms with Crippen molar-refractivity contribution in [1.82, 2.24) is 10.0 Å². The lowest BCUT2D eigenvalue weighted by atomic mass is 9.85. The summed E-state index contributed by atoms with van der Waals surface area (Å²) in [5.74, 6) is -3.40. The minimum absolute atomic E-state index is 0.0294. The summed E-state index contributed by atoms with van der Waals surface area (Å²) in [6, 6.07) is 8.63. The Labute approximate surface area is 197 Å². The highest BCUT2D eigenvalue weighted by atomic mass is 35.5. The minimum atomic E-state index is -0.888. The molecule has 0 unspecified atom stereocenters. The molecule has 1 fully saturated rings. The zero-order valence-corrected chi connectivity index (χ0v) is 18.3. The Balaban J connectivity index is 1.79. The predicted molar refractivity (Wildman–Crippen MR) is 118 cm³/mol. The van der Waals surface area contributed by atoms with Crippen molar-refractivity contribution in [3.63, 3.8) is 0 Å². The molecule has 1 saturated heterocycles. The fourth-order valence-corrected chi connectivity index (χ4v) is 4.32. The average molecular weight is 485 g/mol. The van der Waals surface area contributed by atoms with Gasteiger partial charge in [0, 0.05) is 28.8 Å². The molecule has 12 heteroatoms. The second kappa shape index (κ2) is 9.02. The summed E-state index contributed by atoms with van der Waals surface area (Å²) in [4.78, 5) is 61.3. The molecule has 4 rings (SSSR count). The van der Waals surface area contributed by atoms with Crippen LogP contribution >= 0.6 is 11.6 Å². The molecule has 0 bridgehead atoms. The van der Waals surface area contributed by atoms with Crippen LogP contribution in [-0.4, -0.2) is 37.6 Å². The van der Waals surface area contributed by atoms with Crippen LogP contribution in [0.5, 0.6) is 0 Å². The molecule has 1 aliphatic carbocycles. The van der Waals surface area contributed by atoms with Gasteiger partial charge in [0.15, 0.2) is 0 Å². The van der Waals surface area contributed by atoms with Crippen LogP contribution in [-0.2, 0) is 16.1 Å². The molecule has 0 radical (unpaired) electrons.